The van der Waals surface area contributed by atoms with E-state index in [2.05, 4.69) is 17.2 Å². The maximum atomic E-state index is 13.1. The molecule has 1 aliphatic heterocycles. The summed E-state index contributed by atoms with van der Waals surface area (Å²) in [5.41, 5.74) is 2.76. The lowest BCUT2D eigenvalue weighted by Gasteiger charge is -2.28. The summed E-state index contributed by atoms with van der Waals surface area (Å²) in [7, 11) is 1.57. The van der Waals surface area contributed by atoms with Gasteiger partial charge in [-0.1, -0.05) is 54.0 Å². The lowest BCUT2D eigenvalue weighted by atomic mass is 9.95. The van der Waals surface area contributed by atoms with Crippen LogP contribution >= 0.6 is 35.0 Å². The minimum atomic E-state index is -0.559. The molecule has 0 saturated carbocycles. The van der Waals surface area contributed by atoms with Crippen LogP contribution in [0.15, 0.2) is 52.8 Å². The predicted molar refractivity (Wildman–Crippen MR) is 146 cm³/mol. The number of fused-ring (bicyclic) bond motifs is 1. The van der Waals surface area contributed by atoms with Gasteiger partial charge in [-0.3, -0.25) is 0 Å². The van der Waals surface area contributed by atoms with E-state index in [-0.39, 0.29) is 13.2 Å². The van der Waals surface area contributed by atoms with E-state index in [0.29, 0.717) is 43.9 Å². The van der Waals surface area contributed by atoms with Gasteiger partial charge in [0, 0.05) is 11.4 Å². The smallest absolute Gasteiger partial charge is 0.338 e. The summed E-state index contributed by atoms with van der Waals surface area (Å²) < 4.78 is 18.8. The molecular weight excluding hydrogens is 535 g/mol. The van der Waals surface area contributed by atoms with Crippen molar-refractivity contribution < 1.29 is 19.0 Å². The molecule has 4 rings (SSSR count). The molecule has 1 aromatic heterocycles. The Morgan fingerprint density at radius 1 is 1.14 bits per heavy atom. The second-order valence-electron chi connectivity index (χ2n) is 8.25. The van der Waals surface area contributed by atoms with Crippen molar-refractivity contribution in [2.45, 2.75) is 45.0 Å². The Bertz CT molecular complexity index is 1330. The van der Waals surface area contributed by atoms with Crippen LogP contribution in [-0.4, -0.2) is 40.2 Å². The number of anilines is 1. The largest absolute Gasteiger partial charge is 0.493 e. The van der Waals surface area contributed by atoms with Crippen LogP contribution in [0, 0.1) is 0 Å². The van der Waals surface area contributed by atoms with Gasteiger partial charge in [-0.05, 0) is 55.7 Å². The van der Waals surface area contributed by atoms with Gasteiger partial charge in [-0.15, -0.1) is 5.10 Å². The third kappa shape index (κ3) is 6.00. The number of ether oxygens (including phenoxy) is 3. The fourth-order valence-corrected chi connectivity index (χ4v) is 4.94. The Balaban J connectivity index is 1.69. The summed E-state index contributed by atoms with van der Waals surface area (Å²) in [4.78, 5) is 17.7. The van der Waals surface area contributed by atoms with Crippen molar-refractivity contribution in [1.29, 1.82) is 0 Å². The highest BCUT2D eigenvalue weighted by atomic mass is 35.5. The summed E-state index contributed by atoms with van der Waals surface area (Å²) >= 11 is 13.7. The first-order valence-corrected chi connectivity index (χ1v) is 13.6. The van der Waals surface area contributed by atoms with Crippen LogP contribution in [0.25, 0.3) is 0 Å². The molecule has 1 N–H and O–H groups in total. The number of esters is 1. The molecule has 2 aromatic carbocycles. The van der Waals surface area contributed by atoms with Gasteiger partial charge in [-0.25, -0.2) is 9.48 Å². The molecule has 1 atom stereocenters. The van der Waals surface area contributed by atoms with Crippen molar-refractivity contribution in [3.05, 3.63) is 68.8 Å². The number of carbonyl (C=O) groups excluding carboxylic acids is 1. The van der Waals surface area contributed by atoms with E-state index in [1.807, 2.05) is 31.2 Å². The molecule has 0 spiro atoms. The zero-order chi connectivity index (χ0) is 26.5. The number of methoxy groups -OCH3 is 1. The molecule has 11 heteroatoms. The molecule has 0 bridgehead atoms. The highest BCUT2D eigenvalue weighted by molar-refractivity contribution is 7.99. The third-order valence-electron chi connectivity index (χ3n) is 5.65. The monoisotopic (exact) mass is 562 g/mol. The first kappa shape index (κ1) is 27.2. The van der Waals surface area contributed by atoms with Gasteiger partial charge < -0.3 is 19.5 Å². The van der Waals surface area contributed by atoms with Crippen LogP contribution in [0.5, 0.6) is 11.5 Å². The Hall–Kier alpha value is -2.88. The van der Waals surface area contributed by atoms with Crippen LogP contribution in [0.4, 0.5) is 5.95 Å². The van der Waals surface area contributed by atoms with E-state index in [0.717, 1.165) is 23.3 Å². The van der Waals surface area contributed by atoms with Crippen molar-refractivity contribution >= 4 is 46.9 Å². The van der Waals surface area contributed by atoms with Crippen molar-refractivity contribution in [2.24, 2.45) is 0 Å². The lowest BCUT2D eigenvalue weighted by molar-refractivity contribution is -0.139. The molecule has 196 valence electrons. The van der Waals surface area contributed by atoms with Gasteiger partial charge in [0.05, 0.1) is 29.3 Å². The first-order chi connectivity index (χ1) is 17.9. The summed E-state index contributed by atoms with van der Waals surface area (Å²) in [5.74, 6) is 2.10. The number of allylic oxidation sites excluding steroid dienone is 1. The molecule has 8 nitrogen and oxygen atoms in total. The van der Waals surface area contributed by atoms with E-state index in [4.69, 9.17) is 42.5 Å². The maximum absolute atomic E-state index is 13.1. The molecule has 37 heavy (non-hydrogen) atoms. The predicted octanol–water partition coefficient (Wildman–Crippen LogP) is 6.53. The molecule has 0 fully saturated rings. The van der Waals surface area contributed by atoms with E-state index in [1.54, 1.807) is 42.6 Å². The fourth-order valence-electron chi connectivity index (χ4n) is 3.93. The number of benzene rings is 2. The van der Waals surface area contributed by atoms with Gasteiger partial charge in [0.25, 0.3) is 0 Å². The number of nitrogens with zero attached hydrogens (tertiary/aromatic N) is 3. The topological polar surface area (TPSA) is 87.5 Å². The first-order valence-electron chi connectivity index (χ1n) is 11.8. The second kappa shape index (κ2) is 12.1. The Kier molecular flexibility index (Phi) is 8.89. The molecule has 2 heterocycles. The van der Waals surface area contributed by atoms with Crippen molar-refractivity contribution in [3.63, 3.8) is 0 Å². The standard InChI is InChI=1S/C26H28Cl2N4O4S/c1-5-11-37-26-30-25-29-15(3)22(24(33)35-6-2)23(32(25)31-26)17-8-10-20(21(13-17)34-4)36-14-16-7-9-18(27)19(28)12-16/h7-10,12-13,23H,5-6,11,14H2,1-4H3,(H,29,30,31). The van der Waals surface area contributed by atoms with Crippen LogP contribution in [-0.2, 0) is 16.1 Å². The van der Waals surface area contributed by atoms with Crippen LogP contribution in [0.1, 0.15) is 44.4 Å². The molecule has 0 amide bonds. The van der Waals surface area contributed by atoms with Gasteiger partial charge in [0.2, 0.25) is 11.1 Å². The van der Waals surface area contributed by atoms with Crippen LogP contribution < -0.4 is 14.8 Å². The third-order valence-corrected chi connectivity index (χ3v) is 7.43. The van der Waals surface area contributed by atoms with Gasteiger partial charge >= 0.3 is 5.97 Å². The minimum Gasteiger partial charge on any atom is -0.493 e. The summed E-state index contributed by atoms with van der Waals surface area (Å²) in [6, 6.07) is 10.3. The highest BCUT2D eigenvalue weighted by Crippen LogP contribution is 2.40. The highest BCUT2D eigenvalue weighted by Gasteiger charge is 2.35. The molecular formula is C26H28Cl2N4O4S. The number of hydrogen-bond acceptors (Lipinski definition) is 8. The molecule has 3 aromatic rings. The van der Waals surface area contributed by atoms with Gasteiger partial charge in [-0.2, -0.15) is 4.98 Å². The minimum absolute atomic E-state index is 0.259. The number of thioether (sulfide) groups is 1. The number of rotatable bonds is 10. The fraction of sp³-hybridized carbons (Fsp3) is 0.346. The van der Waals surface area contributed by atoms with Crippen LogP contribution in [0.3, 0.4) is 0 Å². The Morgan fingerprint density at radius 2 is 1.95 bits per heavy atom. The Labute approximate surface area is 230 Å². The van der Waals surface area contributed by atoms with E-state index >= 15 is 0 Å². The molecule has 0 aliphatic carbocycles. The number of halogens is 2. The summed E-state index contributed by atoms with van der Waals surface area (Å²) in [5, 5.41) is 9.51. The summed E-state index contributed by atoms with van der Waals surface area (Å²) in [6.07, 6.45) is 0.998. The van der Waals surface area contributed by atoms with Crippen molar-refractivity contribution in [3.8, 4) is 11.5 Å². The van der Waals surface area contributed by atoms with Gasteiger partial charge in [0.15, 0.2) is 11.5 Å². The number of nitrogens with one attached hydrogen (secondary N) is 1. The average molecular weight is 564 g/mol. The average Bonchev–Trinajstić information content (AvgIpc) is 3.29. The van der Waals surface area contributed by atoms with E-state index < -0.39 is 12.0 Å². The van der Waals surface area contributed by atoms with Gasteiger partial charge in [0.1, 0.15) is 12.6 Å². The van der Waals surface area contributed by atoms with E-state index in [1.165, 1.54) is 0 Å². The normalized spacial score (nSPS) is 14.7. The zero-order valence-corrected chi connectivity index (χ0v) is 23.3. The number of hydrogen-bond donors (Lipinski definition) is 1. The molecule has 1 aliphatic rings. The Morgan fingerprint density at radius 3 is 2.65 bits per heavy atom. The molecule has 0 radical (unpaired) electrons. The quantitative estimate of drug-likeness (QED) is 0.220. The molecule has 1 unspecified atom stereocenters. The summed E-state index contributed by atoms with van der Waals surface area (Å²) in [6.45, 7) is 6.25. The lowest BCUT2D eigenvalue weighted by Crippen LogP contribution is -2.29. The number of aromatic nitrogens is 3. The van der Waals surface area contributed by atoms with Crippen LogP contribution in [0.2, 0.25) is 10.0 Å². The van der Waals surface area contributed by atoms with Crippen molar-refractivity contribution in [2.75, 3.05) is 24.8 Å². The SMILES string of the molecule is CCCSc1nc2n(n1)C(c1ccc(OCc3ccc(Cl)c(Cl)c3)c(OC)c1)C(C(=O)OCC)=C(C)N2. The number of carbonyl (C=O) groups is 1. The maximum Gasteiger partial charge on any atom is 0.338 e. The van der Waals surface area contributed by atoms with Crippen molar-refractivity contribution in [1.82, 2.24) is 14.8 Å². The molecule has 0 saturated heterocycles. The zero-order valence-electron chi connectivity index (χ0n) is 21.0. The van der Waals surface area contributed by atoms with E-state index in [9.17, 15) is 4.79 Å². The second-order valence-corrected chi connectivity index (χ2v) is 10.1.